The Morgan fingerprint density at radius 3 is 3.00 bits per heavy atom. The van der Waals surface area contributed by atoms with Crippen LogP contribution >= 0.6 is 11.3 Å². The van der Waals surface area contributed by atoms with Crippen molar-refractivity contribution in [2.75, 3.05) is 0 Å². The number of aliphatic hydroxyl groups is 1. The summed E-state index contributed by atoms with van der Waals surface area (Å²) < 4.78 is 0. The van der Waals surface area contributed by atoms with Crippen molar-refractivity contribution in [3.63, 3.8) is 0 Å². The van der Waals surface area contributed by atoms with Crippen molar-refractivity contribution in [1.29, 1.82) is 0 Å². The van der Waals surface area contributed by atoms with Gasteiger partial charge in [-0.15, -0.1) is 21.5 Å². The Morgan fingerprint density at radius 2 is 2.24 bits per heavy atom. The molecule has 3 aromatic rings. The van der Waals surface area contributed by atoms with Crippen molar-refractivity contribution in [2.24, 2.45) is 0 Å². The molecule has 6 nitrogen and oxygen atoms in total. The summed E-state index contributed by atoms with van der Waals surface area (Å²) in [5.41, 5.74) is 2.30. The first-order valence-corrected chi connectivity index (χ1v) is 7.57. The highest BCUT2D eigenvalue weighted by Gasteiger charge is 2.14. The summed E-state index contributed by atoms with van der Waals surface area (Å²) in [7, 11) is 0. The molecule has 2 N–H and O–H groups in total. The zero-order valence-corrected chi connectivity index (χ0v) is 12.1. The van der Waals surface area contributed by atoms with Gasteiger partial charge in [-0.2, -0.15) is 5.21 Å². The molecule has 0 aliphatic heterocycles. The van der Waals surface area contributed by atoms with Gasteiger partial charge >= 0.3 is 0 Å². The van der Waals surface area contributed by atoms with Crippen molar-refractivity contribution in [2.45, 2.75) is 25.4 Å². The molecule has 3 aromatic heterocycles. The number of nitrogens with zero attached hydrogens (tertiary/aromatic N) is 4. The van der Waals surface area contributed by atoms with Crippen molar-refractivity contribution in [3.8, 4) is 0 Å². The van der Waals surface area contributed by atoms with E-state index in [1.807, 2.05) is 24.4 Å². The Balaban J connectivity index is 1.63. The molecule has 108 valence electrons. The largest absolute Gasteiger partial charge is 0.385 e. The van der Waals surface area contributed by atoms with Crippen LogP contribution in [-0.2, 0) is 12.8 Å². The summed E-state index contributed by atoms with van der Waals surface area (Å²) >= 11 is 1.72. The lowest BCUT2D eigenvalue weighted by atomic mass is 10.1. The zero-order chi connectivity index (χ0) is 14.5. The number of aryl methyl sites for hydroxylation is 1. The molecule has 0 bridgehead atoms. The average Bonchev–Trinajstić information content (AvgIpc) is 3.18. The number of pyridine rings is 1. The molecule has 0 radical (unpaired) electrons. The van der Waals surface area contributed by atoms with Crippen LogP contribution in [0.5, 0.6) is 0 Å². The fourth-order valence-electron chi connectivity index (χ4n) is 2.14. The van der Waals surface area contributed by atoms with E-state index in [2.05, 4.69) is 37.1 Å². The average molecular weight is 301 g/mol. The quantitative estimate of drug-likeness (QED) is 0.726. The molecule has 7 heteroatoms. The summed E-state index contributed by atoms with van der Waals surface area (Å²) in [5, 5.41) is 25.5. The Hall–Kier alpha value is -2.12. The molecule has 3 heterocycles. The summed E-state index contributed by atoms with van der Waals surface area (Å²) in [6, 6.07) is 8.04. The smallest absolute Gasteiger partial charge is 0.202 e. The van der Waals surface area contributed by atoms with Gasteiger partial charge in [0.2, 0.25) is 5.82 Å². The lowest BCUT2D eigenvalue weighted by molar-refractivity contribution is 0.158. The molecule has 0 aliphatic carbocycles. The molecule has 0 saturated carbocycles. The van der Waals surface area contributed by atoms with E-state index in [0.29, 0.717) is 12.2 Å². The topological polar surface area (TPSA) is 87.6 Å². The van der Waals surface area contributed by atoms with Gasteiger partial charge in [0.15, 0.2) is 0 Å². The van der Waals surface area contributed by atoms with Crippen LogP contribution in [0, 0.1) is 0 Å². The molecule has 3 rings (SSSR count). The first-order chi connectivity index (χ1) is 10.3. The van der Waals surface area contributed by atoms with Crippen molar-refractivity contribution < 1.29 is 5.11 Å². The number of aromatic nitrogens is 5. The van der Waals surface area contributed by atoms with Gasteiger partial charge in [0, 0.05) is 23.2 Å². The predicted octanol–water partition coefficient (Wildman–Crippen LogP) is 1.91. The van der Waals surface area contributed by atoms with Crippen LogP contribution in [-0.4, -0.2) is 30.7 Å². The Kier molecular flexibility index (Phi) is 4.32. The minimum absolute atomic E-state index is 0.344. The van der Waals surface area contributed by atoms with Crippen LogP contribution in [0.25, 0.3) is 0 Å². The predicted molar refractivity (Wildman–Crippen MR) is 78.8 cm³/mol. The van der Waals surface area contributed by atoms with Gasteiger partial charge in [0.05, 0.1) is 0 Å². The van der Waals surface area contributed by atoms with Gasteiger partial charge in [-0.3, -0.25) is 4.98 Å². The summed E-state index contributed by atoms with van der Waals surface area (Å²) in [4.78, 5) is 5.64. The van der Waals surface area contributed by atoms with E-state index in [0.717, 1.165) is 18.5 Å². The van der Waals surface area contributed by atoms with Crippen LogP contribution in [0.4, 0.5) is 0 Å². The molecular weight excluding hydrogens is 286 g/mol. The highest BCUT2D eigenvalue weighted by molar-refractivity contribution is 7.10. The van der Waals surface area contributed by atoms with Gasteiger partial charge in [0.1, 0.15) is 6.10 Å². The molecule has 0 aliphatic rings. The van der Waals surface area contributed by atoms with E-state index in [4.69, 9.17) is 0 Å². The van der Waals surface area contributed by atoms with Gasteiger partial charge in [0.25, 0.3) is 0 Å². The maximum Gasteiger partial charge on any atom is 0.202 e. The molecule has 0 amide bonds. The Bertz CT molecular complexity index is 668. The first-order valence-electron chi connectivity index (χ1n) is 6.69. The Morgan fingerprint density at radius 1 is 1.29 bits per heavy atom. The highest BCUT2D eigenvalue weighted by atomic mass is 32.1. The second-order valence-electron chi connectivity index (χ2n) is 4.69. The molecule has 21 heavy (non-hydrogen) atoms. The van der Waals surface area contributed by atoms with Gasteiger partial charge < -0.3 is 5.11 Å². The monoisotopic (exact) mass is 301 g/mol. The summed E-state index contributed by atoms with van der Waals surface area (Å²) in [5.74, 6) is 0.344. The lowest BCUT2D eigenvalue weighted by Crippen LogP contribution is -2.03. The molecule has 0 aromatic carbocycles. The van der Waals surface area contributed by atoms with Gasteiger partial charge in [-0.25, -0.2) is 0 Å². The maximum absolute atomic E-state index is 9.99. The number of nitrogens with one attached hydrogen (secondary N) is 1. The van der Waals surface area contributed by atoms with E-state index in [1.165, 1.54) is 10.4 Å². The third-order valence-corrected chi connectivity index (χ3v) is 4.22. The van der Waals surface area contributed by atoms with Crippen LogP contribution in [0.2, 0.25) is 0 Å². The number of rotatable bonds is 6. The molecule has 0 fully saturated rings. The normalized spacial score (nSPS) is 12.4. The maximum atomic E-state index is 9.99. The fraction of sp³-hybridized carbons (Fsp3) is 0.286. The number of aromatic amines is 1. The SMILES string of the molecule is OC(CCc1ccsc1Cc1ccccn1)c1nn[nH]n1. The van der Waals surface area contributed by atoms with Crippen LogP contribution in [0.3, 0.4) is 0 Å². The van der Waals surface area contributed by atoms with E-state index in [9.17, 15) is 5.11 Å². The number of thiophene rings is 1. The molecule has 0 spiro atoms. The summed E-state index contributed by atoms with van der Waals surface area (Å²) in [6.45, 7) is 0. The number of hydrogen-bond donors (Lipinski definition) is 2. The molecular formula is C14H15N5OS. The standard InChI is InChI=1S/C14H15N5OS/c20-12(14-16-18-19-17-14)5-4-10-6-8-21-13(10)9-11-3-1-2-7-15-11/h1-3,6-8,12,20H,4-5,9H2,(H,16,17,18,19). The molecule has 1 atom stereocenters. The van der Waals surface area contributed by atoms with E-state index in [1.54, 1.807) is 11.3 Å². The second-order valence-corrected chi connectivity index (χ2v) is 5.69. The lowest BCUT2D eigenvalue weighted by Gasteiger charge is -2.07. The number of H-pyrrole nitrogens is 1. The third-order valence-electron chi connectivity index (χ3n) is 3.25. The van der Waals surface area contributed by atoms with E-state index < -0.39 is 6.10 Å². The first kappa shape index (κ1) is 13.8. The van der Waals surface area contributed by atoms with Crippen molar-refractivity contribution >= 4 is 11.3 Å². The second kappa shape index (κ2) is 6.55. The molecule has 0 saturated heterocycles. The number of hydrogen-bond acceptors (Lipinski definition) is 6. The number of aliphatic hydroxyl groups excluding tert-OH is 1. The minimum atomic E-state index is -0.689. The minimum Gasteiger partial charge on any atom is -0.385 e. The summed E-state index contributed by atoms with van der Waals surface area (Å²) in [6.07, 6.45) is 3.30. The van der Waals surface area contributed by atoms with Crippen LogP contribution in [0.1, 0.15) is 34.5 Å². The highest BCUT2D eigenvalue weighted by Crippen LogP contribution is 2.23. The van der Waals surface area contributed by atoms with Crippen molar-refractivity contribution in [3.05, 3.63) is 57.8 Å². The van der Waals surface area contributed by atoms with Gasteiger partial charge in [-0.05, 0) is 42.0 Å². The number of tetrazole rings is 1. The Labute approximate surface area is 125 Å². The van der Waals surface area contributed by atoms with Crippen LogP contribution < -0.4 is 0 Å². The van der Waals surface area contributed by atoms with Gasteiger partial charge in [-0.1, -0.05) is 11.3 Å². The fourth-order valence-corrected chi connectivity index (χ4v) is 3.09. The van der Waals surface area contributed by atoms with E-state index >= 15 is 0 Å². The zero-order valence-electron chi connectivity index (χ0n) is 11.3. The molecule has 1 unspecified atom stereocenters. The van der Waals surface area contributed by atoms with Crippen LogP contribution in [0.15, 0.2) is 35.8 Å². The van der Waals surface area contributed by atoms with E-state index in [-0.39, 0.29) is 0 Å². The van der Waals surface area contributed by atoms with Crippen molar-refractivity contribution in [1.82, 2.24) is 25.6 Å². The third kappa shape index (κ3) is 3.50.